The van der Waals surface area contributed by atoms with Crippen LogP contribution in [0.25, 0.3) is 0 Å². The molecule has 2 bridgehead atoms. The van der Waals surface area contributed by atoms with Crippen LogP contribution < -0.4 is 5.32 Å². The molecule has 5 nitrogen and oxygen atoms in total. The van der Waals surface area contributed by atoms with Gasteiger partial charge in [0.2, 0.25) is 17.7 Å². The second-order valence-electron chi connectivity index (χ2n) is 7.17. The highest BCUT2D eigenvalue weighted by atomic mass is 16.2. The van der Waals surface area contributed by atoms with Crippen LogP contribution in [0, 0.1) is 23.7 Å². The van der Waals surface area contributed by atoms with Gasteiger partial charge in [0.05, 0.1) is 11.8 Å². The SMILES string of the molecule is CC[C@H](C(=O)Nc1ccccc1)N1C(=O)[C@@H]2[C@H](C1=O)[C@H]1C=C[C@H]2CC1. The van der Waals surface area contributed by atoms with Crippen LogP contribution in [-0.2, 0) is 14.4 Å². The van der Waals surface area contributed by atoms with E-state index in [9.17, 15) is 14.4 Å². The van der Waals surface area contributed by atoms with Crippen molar-refractivity contribution in [1.29, 1.82) is 0 Å². The Morgan fingerprint density at radius 1 is 1.08 bits per heavy atom. The summed E-state index contributed by atoms with van der Waals surface area (Å²) in [5.74, 6) is -0.871. The summed E-state index contributed by atoms with van der Waals surface area (Å²) in [6, 6.07) is 8.38. The molecule has 3 aliphatic carbocycles. The molecule has 1 saturated carbocycles. The molecule has 1 aromatic rings. The molecule has 1 aromatic carbocycles. The Labute approximate surface area is 147 Å². The van der Waals surface area contributed by atoms with E-state index in [2.05, 4.69) is 17.5 Å². The summed E-state index contributed by atoms with van der Waals surface area (Å²) in [6.45, 7) is 1.84. The molecule has 1 saturated heterocycles. The van der Waals surface area contributed by atoms with Crippen molar-refractivity contribution >= 4 is 23.4 Å². The average molecular weight is 338 g/mol. The summed E-state index contributed by atoms with van der Waals surface area (Å²) in [5, 5.41) is 2.83. The summed E-state index contributed by atoms with van der Waals surface area (Å²) in [4.78, 5) is 40.0. The number of nitrogens with one attached hydrogen (secondary N) is 1. The molecule has 0 aromatic heterocycles. The predicted octanol–water partition coefficient (Wildman–Crippen LogP) is 2.60. The molecule has 4 aliphatic rings. The van der Waals surface area contributed by atoms with Crippen molar-refractivity contribution in [1.82, 2.24) is 4.90 Å². The number of hydrogen-bond acceptors (Lipinski definition) is 3. The van der Waals surface area contributed by atoms with E-state index in [1.54, 1.807) is 12.1 Å². The molecule has 25 heavy (non-hydrogen) atoms. The van der Waals surface area contributed by atoms with Crippen molar-refractivity contribution in [3.8, 4) is 0 Å². The molecule has 5 atom stereocenters. The van der Waals surface area contributed by atoms with Gasteiger partial charge < -0.3 is 5.32 Å². The summed E-state index contributed by atoms with van der Waals surface area (Å²) in [7, 11) is 0. The molecule has 1 aliphatic heterocycles. The molecule has 5 heteroatoms. The Bertz CT molecular complexity index is 711. The van der Waals surface area contributed by atoms with Crippen LogP contribution in [0.4, 0.5) is 5.69 Å². The van der Waals surface area contributed by atoms with E-state index in [1.165, 1.54) is 4.90 Å². The Kier molecular flexibility index (Phi) is 3.94. The lowest BCUT2D eigenvalue weighted by atomic mass is 9.63. The van der Waals surface area contributed by atoms with E-state index in [0.29, 0.717) is 12.1 Å². The van der Waals surface area contributed by atoms with Crippen LogP contribution >= 0.6 is 0 Å². The molecule has 0 spiro atoms. The second-order valence-corrected chi connectivity index (χ2v) is 7.17. The number of imide groups is 1. The summed E-state index contributed by atoms with van der Waals surface area (Å²) < 4.78 is 0. The maximum atomic E-state index is 13.0. The lowest BCUT2D eigenvalue weighted by molar-refractivity contribution is -0.146. The molecular formula is C20H22N2O3. The minimum Gasteiger partial charge on any atom is -0.324 e. The number of rotatable bonds is 4. The molecule has 1 N–H and O–H groups in total. The lowest BCUT2D eigenvalue weighted by Gasteiger charge is -2.38. The minimum absolute atomic E-state index is 0.145. The van der Waals surface area contributed by atoms with Crippen molar-refractivity contribution in [3.05, 3.63) is 42.5 Å². The fraction of sp³-hybridized carbons (Fsp3) is 0.450. The van der Waals surface area contributed by atoms with E-state index in [0.717, 1.165) is 12.8 Å². The zero-order valence-electron chi connectivity index (χ0n) is 14.2. The van der Waals surface area contributed by atoms with Crippen LogP contribution in [0.15, 0.2) is 42.5 Å². The topological polar surface area (TPSA) is 66.5 Å². The van der Waals surface area contributed by atoms with Crippen LogP contribution in [0.5, 0.6) is 0 Å². The summed E-state index contributed by atoms with van der Waals surface area (Å²) >= 11 is 0. The van der Waals surface area contributed by atoms with Crippen molar-refractivity contribution in [3.63, 3.8) is 0 Å². The third kappa shape index (κ3) is 2.49. The number of para-hydroxylation sites is 1. The predicted molar refractivity (Wildman–Crippen MR) is 93.3 cm³/mol. The van der Waals surface area contributed by atoms with Gasteiger partial charge in [-0.15, -0.1) is 0 Å². The first-order valence-corrected chi connectivity index (χ1v) is 9.03. The number of fused-ring (bicyclic) bond motifs is 1. The summed E-state index contributed by atoms with van der Waals surface area (Å²) in [6.07, 6.45) is 6.52. The van der Waals surface area contributed by atoms with Gasteiger partial charge in [-0.2, -0.15) is 0 Å². The number of likely N-dealkylation sites (tertiary alicyclic amines) is 1. The lowest BCUT2D eigenvalue weighted by Crippen LogP contribution is -2.47. The number of allylic oxidation sites excluding steroid dienone is 2. The van der Waals surface area contributed by atoms with Crippen LogP contribution in [0.1, 0.15) is 26.2 Å². The number of carbonyl (C=O) groups is 3. The van der Waals surface area contributed by atoms with E-state index in [-0.39, 0.29) is 41.4 Å². The van der Waals surface area contributed by atoms with Gasteiger partial charge in [-0.05, 0) is 43.2 Å². The van der Waals surface area contributed by atoms with Gasteiger partial charge in [-0.1, -0.05) is 37.3 Å². The molecule has 130 valence electrons. The van der Waals surface area contributed by atoms with Crippen LogP contribution in [0.3, 0.4) is 0 Å². The van der Waals surface area contributed by atoms with Gasteiger partial charge in [0.15, 0.2) is 0 Å². The standard InChI is InChI=1S/C20H22N2O3/c1-2-15(18(23)21-14-6-4-3-5-7-14)22-19(24)16-12-8-9-13(11-10-12)17(16)20(22)25/h3-9,12-13,15-17H,2,10-11H2,1H3,(H,21,23)/t12-,13-,15+,16-,17+/m0/s1. The normalized spacial score (nSPS) is 31.2. The Balaban J connectivity index is 1.58. The van der Waals surface area contributed by atoms with Crippen molar-refractivity contribution in [2.75, 3.05) is 5.32 Å². The summed E-state index contributed by atoms with van der Waals surface area (Å²) in [5.41, 5.74) is 0.671. The van der Waals surface area contributed by atoms with Gasteiger partial charge in [0.25, 0.3) is 0 Å². The third-order valence-electron chi connectivity index (χ3n) is 5.84. The van der Waals surface area contributed by atoms with Gasteiger partial charge in [0, 0.05) is 5.69 Å². The quantitative estimate of drug-likeness (QED) is 0.678. The maximum Gasteiger partial charge on any atom is 0.247 e. The first-order chi connectivity index (χ1) is 12.1. The third-order valence-corrected chi connectivity index (χ3v) is 5.84. The zero-order chi connectivity index (χ0) is 17.6. The van der Waals surface area contributed by atoms with Crippen LogP contribution in [-0.4, -0.2) is 28.7 Å². The average Bonchev–Trinajstić information content (AvgIpc) is 2.92. The second kappa shape index (κ2) is 6.14. The fourth-order valence-electron chi connectivity index (χ4n) is 4.64. The van der Waals surface area contributed by atoms with Crippen molar-refractivity contribution in [2.24, 2.45) is 23.7 Å². The highest BCUT2D eigenvalue weighted by Crippen LogP contribution is 2.50. The minimum atomic E-state index is -0.745. The van der Waals surface area contributed by atoms with Gasteiger partial charge >= 0.3 is 0 Å². The van der Waals surface area contributed by atoms with Gasteiger partial charge in [0.1, 0.15) is 6.04 Å². The number of hydrogen-bond donors (Lipinski definition) is 1. The molecule has 2 fully saturated rings. The van der Waals surface area contributed by atoms with Crippen molar-refractivity contribution < 1.29 is 14.4 Å². The zero-order valence-corrected chi connectivity index (χ0v) is 14.2. The molecule has 1 heterocycles. The smallest absolute Gasteiger partial charge is 0.247 e. The van der Waals surface area contributed by atoms with E-state index in [1.807, 2.05) is 25.1 Å². The first kappa shape index (κ1) is 16.1. The Morgan fingerprint density at radius 3 is 2.12 bits per heavy atom. The maximum absolute atomic E-state index is 13.0. The molecule has 0 unspecified atom stereocenters. The van der Waals surface area contributed by atoms with E-state index in [4.69, 9.17) is 0 Å². The molecule has 5 rings (SSSR count). The fourth-order valence-corrected chi connectivity index (χ4v) is 4.64. The highest BCUT2D eigenvalue weighted by Gasteiger charge is 2.58. The number of amides is 3. The Hall–Kier alpha value is -2.43. The number of nitrogens with zero attached hydrogens (tertiary/aromatic N) is 1. The Morgan fingerprint density at radius 2 is 1.64 bits per heavy atom. The first-order valence-electron chi connectivity index (χ1n) is 9.03. The number of benzene rings is 1. The molecule has 3 amide bonds. The van der Waals surface area contributed by atoms with Crippen LogP contribution in [0.2, 0.25) is 0 Å². The van der Waals surface area contributed by atoms with Gasteiger partial charge in [-0.3, -0.25) is 19.3 Å². The number of anilines is 1. The molecular weight excluding hydrogens is 316 g/mol. The monoisotopic (exact) mass is 338 g/mol. The van der Waals surface area contributed by atoms with E-state index < -0.39 is 6.04 Å². The van der Waals surface area contributed by atoms with E-state index >= 15 is 0 Å². The van der Waals surface area contributed by atoms with Gasteiger partial charge in [-0.25, -0.2) is 0 Å². The van der Waals surface area contributed by atoms with Crippen molar-refractivity contribution in [2.45, 2.75) is 32.2 Å². The highest BCUT2D eigenvalue weighted by molar-refractivity contribution is 6.10. The largest absolute Gasteiger partial charge is 0.324 e. The molecule has 0 radical (unpaired) electrons. The number of carbonyl (C=O) groups excluding carboxylic acids is 3.